The van der Waals surface area contributed by atoms with Crippen LogP contribution >= 0.6 is 0 Å². The molecule has 24 heavy (non-hydrogen) atoms. The van der Waals surface area contributed by atoms with Crippen LogP contribution in [0.4, 0.5) is 11.4 Å². The van der Waals surface area contributed by atoms with Crippen molar-refractivity contribution in [1.29, 1.82) is 0 Å². The average molecular weight is 323 g/mol. The summed E-state index contributed by atoms with van der Waals surface area (Å²) in [6, 6.07) is 12.0. The van der Waals surface area contributed by atoms with Crippen LogP contribution in [0.15, 0.2) is 48.8 Å². The standard InChI is InChI=1S/C20H25N3O/c1-2-14-23(17-10-12-21-13-11-17)19-9-5-4-8-18(19)20(24)22-15-6-3-7-16-22/h4-5,8-13H,2-3,6-7,14-16H2,1H3. The number of hydrogen-bond acceptors (Lipinski definition) is 3. The molecule has 3 rings (SSSR count). The SMILES string of the molecule is CCCN(c1ccncc1)c1ccccc1C(=O)N1CCCCC1. The number of piperidine rings is 1. The van der Waals surface area contributed by atoms with Crippen LogP contribution in [0.2, 0.25) is 0 Å². The molecule has 0 aliphatic carbocycles. The Kier molecular flexibility index (Phi) is 5.47. The summed E-state index contributed by atoms with van der Waals surface area (Å²) in [5.74, 6) is 0.153. The van der Waals surface area contributed by atoms with Crippen LogP contribution in [0.3, 0.4) is 0 Å². The molecular formula is C20H25N3O. The molecule has 2 aromatic rings. The van der Waals surface area contributed by atoms with E-state index in [9.17, 15) is 4.79 Å². The van der Waals surface area contributed by atoms with Crippen LogP contribution in [0.1, 0.15) is 43.0 Å². The summed E-state index contributed by atoms with van der Waals surface area (Å²) in [5.41, 5.74) is 2.86. The molecule has 0 spiro atoms. The number of rotatable bonds is 5. The number of pyridine rings is 1. The lowest BCUT2D eigenvalue weighted by Crippen LogP contribution is -2.36. The number of amides is 1. The monoisotopic (exact) mass is 323 g/mol. The first-order chi connectivity index (χ1) is 11.8. The van der Waals surface area contributed by atoms with Gasteiger partial charge in [-0.2, -0.15) is 0 Å². The minimum Gasteiger partial charge on any atom is -0.341 e. The molecule has 0 N–H and O–H groups in total. The molecule has 1 fully saturated rings. The van der Waals surface area contributed by atoms with Gasteiger partial charge >= 0.3 is 0 Å². The van der Waals surface area contributed by atoms with Crippen molar-refractivity contribution in [2.45, 2.75) is 32.6 Å². The van der Waals surface area contributed by atoms with Gasteiger partial charge in [0.25, 0.3) is 5.91 Å². The van der Waals surface area contributed by atoms with E-state index in [4.69, 9.17) is 0 Å². The number of nitrogens with zero attached hydrogens (tertiary/aromatic N) is 3. The van der Waals surface area contributed by atoms with E-state index in [0.29, 0.717) is 0 Å². The molecule has 1 aromatic heterocycles. The molecule has 1 aliphatic rings. The van der Waals surface area contributed by atoms with E-state index in [0.717, 1.165) is 55.8 Å². The fourth-order valence-corrected chi connectivity index (χ4v) is 3.29. The Hall–Kier alpha value is -2.36. The van der Waals surface area contributed by atoms with Crippen molar-refractivity contribution >= 4 is 17.3 Å². The summed E-state index contributed by atoms with van der Waals surface area (Å²) < 4.78 is 0. The van der Waals surface area contributed by atoms with E-state index in [1.165, 1.54) is 6.42 Å². The second-order valence-corrected chi connectivity index (χ2v) is 6.23. The lowest BCUT2D eigenvalue weighted by molar-refractivity contribution is 0.0725. The Morgan fingerprint density at radius 3 is 2.50 bits per heavy atom. The van der Waals surface area contributed by atoms with Gasteiger partial charge in [0.15, 0.2) is 0 Å². The zero-order chi connectivity index (χ0) is 16.8. The molecule has 0 saturated carbocycles. The van der Waals surface area contributed by atoms with Crippen molar-refractivity contribution in [2.75, 3.05) is 24.5 Å². The van der Waals surface area contributed by atoms with Crippen LogP contribution in [0.25, 0.3) is 0 Å². The summed E-state index contributed by atoms with van der Waals surface area (Å²) in [6.45, 7) is 4.77. The predicted octanol–water partition coefficient (Wildman–Crippen LogP) is 4.26. The molecule has 4 nitrogen and oxygen atoms in total. The van der Waals surface area contributed by atoms with Crippen LogP contribution in [0.5, 0.6) is 0 Å². The summed E-state index contributed by atoms with van der Waals surface area (Å²) >= 11 is 0. The zero-order valence-electron chi connectivity index (χ0n) is 14.3. The minimum atomic E-state index is 0.153. The maximum atomic E-state index is 13.0. The first-order valence-corrected chi connectivity index (χ1v) is 8.87. The molecule has 1 saturated heterocycles. The molecular weight excluding hydrogens is 298 g/mol. The molecule has 1 amide bonds. The smallest absolute Gasteiger partial charge is 0.255 e. The van der Waals surface area contributed by atoms with Crippen molar-refractivity contribution in [2.24, 2.45) is 0 Å². The highest BCUT2D eigenvalue weighted by Crippen LogP contribution is 2.30. The quantitative estimate of drug-likeness (QED) is 0.825. The van der Waals surface area contributed by atoms with Crippen LogP contribution < -0.4 is 4.90 Å². The Balaban J connectivity index is 1.95. The number of hydrogen-bond donors (Lipinski definition) is 0. The molecule has 4 heteroatoms. The fourth-order valence-electron chi connectivity index (χ4n) is 3.29. The van der Waals surface area contributed by atoms with Crippen molar-refractivity contribution in [3.05, 3.63) is 54.4 Å². The minimum absolute atomic E-state index is 0.153. The van der Waals surface area contributed by atoms with Gasteiger partial charge in [-0.25, -0.2) is 0 Å². The zero-order valence-corrected chi connectivity index (χ0v) is 14.3. The number of benzene rings is 1. The molecule has 0 radical (unpaired) electrons. The first kappa shape index (κ1) is 16.5. The Morgan fingerprint density at radius 2 is 1.79 bits per heavy atom. The molecule has 2 heterocycles. The highest BCUT2D eigenvalue weighted by molar-refractivity contribution is 6.00. The molecule has 1 aromatic carbocycles. The van der Waals surface area contributed by atoms with Crippen molar-refractivity contribution in [3.8, 4) is 0 Å². The van der Waals surface area contributed by atoms with E-state index in [2.05, 4.69) is 16.8 Å². The predicted molar refractivity (Wildman–Crippen MR) is 97.7 cm³/mol. The molecule has 0 bridgehead atoms. The number of para-hydroxylation sites is 1. The van der Waals surface area contributed by atoms with Gasteiger partial charge in [0.1, 0.15) is 0 Å². The second kappa shape index (κ2) is 7.95. The van der Waals surface area contributed by atoms with Crippen molar-refractivity contribution in [1.82, 2.24) is 9.88 Å². The van der Waals surface area contributed by atoms with Gasteiger partial charge in [0, 0.05) is 37.7 Å². The number of carbonyl (C=O) groups is 1. The summed E-state index contributed by atoms with van der Waals surface area (Å²) in [5, 5.41) is 0. The molecule has 1 aliphatic heterocycles. The van der Waals surface area contributed by atoms with Crippen LogP contribution in [-0.2, 0) is 0 Å². The third-order valence-electron chi connectivity index (χ3n) is 4.49. The van der Waals surface area contributed by atoms with Gasteiger partial charge in [-0.1, -0.05) is 19.1 Å². The highest BCUT2D eigenvalue weighted by Gasteiger charge is 2.23. The van der Waals surface area contributed by atoms with Gasteiger partial charge in [-0.3, -0.25) is 9.78 Å². The number of aromatic nitrogens is 1. The normalized spacial score (nSPS) is 14.5. The fraction of sp³-hybridized carbons (Fsp3) is 0.400. The topological polar surface area (TPSA) is 36.4 Å². The number of anilines is 2. The summed E-state index contributed by atoms with van der Waals surface area (Å²) in [6.07, 6.45) is 8.05. The van der Waals surface area contributed by atoms with Gasteiger partial charge in [-0.05, 0) is 49.9 Å². The van der Waals surface area contributed by atoms with Gasteiger partial charge in [0.05, 0.1) is 11.3 Å². The lowest BCUT2D eigenvalue weighted by atomic mass is 10.1. The average Bonchev–Trinajstić information content (AvgIpc) is 2.67. The van der Waals surface area contributed by atoms with E-state index in [-0.39, 0.29) is 5.91 Å². The third kappa shape index (κ3) is 3.58. The van der Waals surface area contributed by atoms with Gasteiger partial charge < -0.3 is 9.80 Å². The maximum absolute atomic E-state index is 13.0. The Labute approximate surface area is 144 Å². The third-order valence-corrected chi connectivity index (χ3v) is 4.49. The van der Waals surface area contributed by atoms with Crippen molar-refractivity contribution < 1.29 is 4.79 Å². The highest BCUT2D eigenvalue weighted by atomic mass is 16.2. The first-order valence-electron chi connectivity index (χ1n) is 8.87. The molecule has 0 atom stereocenters. The number of carbonyl (C=O) groups excluding carboxylic acids is 1. The van der Waals surface area contributed by atoms with Crippen LogP contribution in [0, 0.1) is 0 Å². The summed E-state index contributed by atoms with van der Waals surface area (Å²) in [7, 11) is 0. The van der Waals surface area contributed by atoms with Gasteiger partial charge in [-0.15, -0.1) is 0 Å². The Morgan fingerprint density at radius 1 is 1.08 bits per heavy atom. The van der Waals surface area contributed by atoms with E-state index in [1.54, 1.807) is 12.4 Å². The molecule has 126 valence electrons. The van der Waals surface area contributed by atoms with Crippen LogP contribution in [-0.4, -0.2) is 35.4 Å². The van der Waals surface area contributed by atoms with E-state index in [1.807, 2.05) is 41.3 Å². The summed E-state index contributed by atoms with van der Waals surface area (Å²) in [4.78, 5) is 21.4. The Bertz CT molecular complexity index is 666. The largest absolute Gasteiger partial charge is 0.341 e. The maximum Gasteiger partial charge on any atom is 0.255 e. The molecule has 0 unspecified atom stereocenters. The number of likely N-dealkylation sites (tertiary alicyclic amines) is 1. The van der Waals surface area contributed by atoms with Crippen molar-refractivity contribution in [3.63, 3.8) is 0 Å². The van der Waals surface area contributed by atoms with E-state index < -0.39 is 0 Å². The lowest BCUT2D eigenvalue weighted by Gasteiger charge is -2.30. The van der Waals surface area contributed by atoms with Gasteiger partial charge in [0.2, 0.25) is 0 Å². The second-order valence-electron chi connectivity index (χ2n) is 6.23. The van der Waals surface area contributed by atoms with E-state index >= 15 is 0 Å².